The highest BCUT2D eigenvalue weighted by molar-refractivity contribution is 9.10. The molecule has 2 N–H and O–H groups in total. The maximum absolute atomic E-state index is 12.0. The number of rotatable bonds is 5. The van der Waals surface area contributed by atoms with Gasteiger partial charge in [-0.15, -0.1) is 0 Å². The van der Waals surface area contributed by atoms with E-state index in [0.717, 1.165) is 28.3 Å². The van der Waals surface area contributed by atoms with Crippen molar-refractivity contribution in [1.29, 1.82) is 0 Å². The highest BCUT2D eigenvalue weighted by atomic mass is 79.9. The van der Waals surface area contributed by atoms with Crippen LogP contribution < -0.4 is 10.6 Å². The molecule has 0 aromatic heterocycles. The Hall–Kier alpha value is -1.39. The van der Waals surface area contributed by atoms with Crippen LogP contribution in [0, 0.1) is 0 Å². The zero-order valence-electron chi connectivity index (χ0n) is 10.9. The highest BCUT2D eigenvalue weighted by Crippen LogP contribution is 2.20. The molecule has 19 heavy (non-hydrogen) atoms. The van der Waals surface area contributed by atoms with Crippen molar-refractivity contribution in [3.8, 4) is 0 Å². The fraction of sp³-hybridized carbons (Fsp3) is 0.267. The van der Waals surface area contributed by atoms with Crippen LogP contribution in [0.15, 0.2) is 40.9 Å². The number of amides is 1. The van der Waals surface area contributed by atoms with E-state index in [1.165, 1.54) is 0 Å². The van der Waals surface area contributed by atoms with E-state index in [2.05, 4.69) is 26.6 Å². The van der Waals surface area contributed by atoms with Crippen LogP contribution in [0.3, 0.4) is 0 Å². The second kappa shape index (κ2) is 6.68. The van der Waals surface area contributed by atoms with Gasteiger partial charge in [0.15, 0.2) is 0 Å². The van der Waals surface area contributed by atoms with Crippen LogP contribution in [0.1, 0.15) is 17.3 Å². The van der Waals surface area contributed by atoms with Crippen molar-refractivity contribution in [2.45, 2.75) is 6.92 Å². The third-order valence-electron chi connectivity index (χ3n) is 2.90. The minimum atomic E-state index is -0.0253. The van der Waals surface area contributed by atoms with E-state index in [-0.39, 0.29) is 5.91 Å². The largest absolute Gasteiger partial charge is 0.351 e. The highest BCUT2D eigenvalue weighted by Gasteiger charge is 2.05. The summed E-state index contributed by atoms with van der Waals surface area (Å²) < 4.78 is 1.04. The number of hydrogen-bond acceptors (Lipinski definition) is 2. The van der Waals surface area contributed by atoms with E-state index < -0.39 is 0 Å². The molecule has 0 spiro atoms. The van der Waals surface area contributed by atoms with Crippen molar-refractivity contribution in [2.24, 2.45) is 0 Å². The molecule has 0 saturated heterocycles. The normalized spacial score (nSPS) is 10.6. The first-order valence-electron chi connectivity index (χ1n) is 6.39. The number of benzene rings is 2. The lowest BCUT2D eigenvalue weighted by Crippen LogP contribution is -2.31. The third kappa shape index (κ3) is 3.78. The van der Waals surface area contributed by atoms with Crippen molar-refractivity contribution in [1.82, 2.24) is 10.6 Å². The Bertz CT molecular complexity index is 583. The maximum atomic E-state index is 12.0. The lowest BCUT2D eigenvalue weighted by atomic mass is 10.1. The van der Waals surface area contributed by atoms with E-state index in [1.807, 2.05) is 43.3 Å². The summed E-state index contributed by atoms with van der Waals surface area (Å²) in [6.07, 6.45) is 0. The number of fused-ring (bicyclic) bond motifs is 1. The summed E-state index contributed by atoms with van der Waals surface area (Å²) >= 11 is 3.44. The Kier molecular flexibility index (Phi) is 4.93. The van der Waals surface area contributed by atoms with Gasteiger partial charge in [0.25, 0.3) is 5.91 Å². The fourth-order valence-electron chi connectivity index (χ4n) is 1.90. The van der Waals surface area contributed by atoms with Crippen molar-refractivity contribution in [3.05, 3.63) is 46.4 Å². The monoisotopic (exact) mass is 320 g/mol. The second-order valence-corrected chi connectivity index (χ2v) is 5.23. The van der Waals surface area contributed by atoms with E-state index in [0.29, 0.717) is 12.1 Å². The van der Waals surface area contributed by atoms with Gasteiger partial charge in [0.05, 0.1) is 0 Å². The predicted octanol–water partition coefficient (Wildman–Crippen LogP) is 2.94. The summed E-state index contributed by atoms with van der Waals surface area (Å²) in [7, 11) is 0. The van der Waals surface area contributed by atoms with Gasteiger partial charge in [-0.25, -0.2) is 0 Å². The van der Waals surface area contributed by atoms with Crippen LogP contribution in [0.2, 0.25) is 0 Å². The van der Waals surface area contributed by atoms with Crippen LogP contribution in [-0.2, 0) is 0 Å². The van der Waals surface area contributed by atoms with Crippen LogP contribution in [-0.4, -0.2) is 25.5 Å². The molecule has 0 aliphatic rings. The average molecular weight is 321 g/mol. The maximum Gasteiger partial charge on any atom is 0.251 e. The molecule has 1 amide bonds. The van der Waals surface area contributed by atoms with Gasteiger partial charge in [0, 0.05) is 23.1 Å². The molecule has 0 radical (unpaired) electrons. The number of hydrogen-bond donors (Lipinski definition) is 2. The molecule has 0 atom stereocenters. The standard InChI is InChI=1S/C15H17BrN2O/c1-2-17-7-8-18-15(19)13-4-3-12-10-14(16)6-5-11(12)9-13/h3-6,9-10,17H,2,7-8H2,1H3,(H,18,19). The second-order valence-electron chi connectivity index (χ2n) is 4.32. The number of nitrogens with one attached hydrogen (secondary N) is 2. The minimum absolute atomic E-state index is 0.0253. The SMILES string of the molecule is CCNCCNC(=O)c1ccc2cc(Br)ccc2c1. The predicted molar refractivity (Wildman–Crippen MR) is 82.5 cm³/mol. The zero-order valence-corrected chi connectivity index (χ0v) is 12.5. The molecule has 0 heterocycles. The summed E-state index contributed by atoms with van der Waals surface area (Å²) in [6.45, 7) is 4.40. The molecule has 0 aliphatic heterocycles. The molecule has 0 bridgehead atoms. The molecule has 0 aliphatic carbocycles. The van der Waals surface area contributed by atoms with Crippen LogP contribution in [0.4, 0.5) is 0 Å². The number of carbonyl (C=O) groups excluding carboxylic acids is 1. The van der Waals surface area contributed by atoms with E-state index in [1.54, 1.807) is 0 Å². The zero-order chi connectivity index (χ0) is 13.7. The van der Waals surface area contributed by atoms with Crippen molar-refractivity contribution >= 4 is 32.6 Å². The molecular weight excluding hydrogens is 304 g/mol. The molecule has 4 heteroatoms. The van der Waals surface area contributed by atoms with Gasteiger partial charge >= 0.3 is 0 Å². The quantitative estimate of drug-likeness (QED) is 0.832. The Morgan fingerprint density at radius 3 is 2.63 bits per heavy atom. The fourth-order valence-corrected chi connectivity index (χ4v) is 2.28. The van der Waals surface area contributed by atoms with Gasteiger partial charge in [0.1, 0.15) is 0 Å². The first kappa shape index (κ1) is 14.0. The molecule has 2 aromatic carbocycles. The van der Waals surface area contributed by atoms with Gasteiger partial charge in [0.2, 0.25) is 0 Å². The molecule has 2 aromatic rings. The summed E-state index contributed by atoms with van der Waals surface area (Å²) in [5.41, 5.74) is 0.700. The topological polar surface area (TPSA) is 41.1 Å². The van der Waals surface area contributed by atoms with Gasteiger partial charge in [-0.3, -0.25) is 4.79 Å². The molecule has 2 rings (SSSR count). The number of carbonyl (C=O) groups is 1. The van der Waals surface area contributed by atoms with E-state index in [9.17, 15) is 4.79 Å². The first-order valence-corrected chi connectivity index (χ1v) is 7.18. The Balaban J connectivity index is 2.08. The summed E-state index contributed by atoms with van der Waals surface area (Å²) in [4.78, 5) is 12.0. The smallest absolute Gasteiger partial charge is 0.251 e. The first-order chi connectivity index (χ1) is 9.20. The molecular formula is C15H17BrN2O. The van der Waals surface area contributed by atoms with Crippen molar-refractivity contribution < 1.29 is 4.79 Å². The average Bonchev–Trinajstić information content (AvgIpc) is 2.42. The van der Waals surface area contributed by atoms with Crippen LogP contribution >= 0.6 is 15.9 Å². The number of halogens is 1. The van der Waals surface area contributed by atoms with Gasteiger partial charge in [-0.2, -0.15) is 0 Å². The van der Waals surface area contributed by atoms with Gasteiger partial charge in [-0.05, 0) is 41.6 Å². The third-order valence-corrected chi connectivity index (χ3v) is 3.40. The molecule has 3 nitrogen and oxygen atoms in total. The van der Waals surface area contributed by atoms with E-state index >= 15 is 0 Å². The molecule has 100 valence electrons. The Morgan fingerprint density at radius 1 is 1.11 bits per heavy atom. The summed E-state index contributed by atoms with van der Waals surface area (Å²) in [5.74, 6) is -0.0253. The lowest BCUT2D eigenvalue weighted by Gasteiger charge is -2.07. The van der Waals surface area contributed by atoms with Crippen LogP contribution in [0.25, 0.3) is 10.8 Å². The van der Waals surface area contributed by atoms with E-state index in [4.69, 9.17) is 0 Å². The van der Waals surface area contributed by atoms with Crippen molar-refractivity contribution in [2.75, 3.05) is 19.6 Å². The van der Waals surface area contributed by atoms with Crippen molar-refractivity contribution in [3.63, 3.8) is 0 Å². The summed E-state index contributed by atoms with van der Waals surface area (Å²) in [5, 5.41) is 8.27. The van der Waals surface area contributed by atoms with Gasteiger partial charge in [-0.1, -0.05) is 35.0 Å². The molecule has 0 unspecified atom stereocenters. The minimum Gasteiger partial charge on any atom is -0.351 e. The molecule has 0 fully saturated rings. The Morgan fingerprint density at radius 2 is 1.84 bits per heavy atom. The lowest BCUT2D eigenvalue weighted by molar-refractivity contribution is 0.0954. The summed E-state index contributed by atoms with van der Waals surface area (Å²) in [6, 6.07) is 11.8. The number of likely N-dealkylation sites (N-methyl/N-ethyl adjacent to an activating group) is 1. The molecule has 0 saturated carbocycles. The van der Waals surface area contributed by atoms with Crippen LogP contribution in [0.5, 0.6) is 0 Å². The Labute approximate surface area is 121 Å². The van der Waals surface area contributed by atoms with Gasteiger partial charge < -0.3 is 10.6 Å².